The van der Waals surface area contributed by atoms with Crippen LogP contribution in [0.1, 0.15) is 11.1 Å². The maximum Gasteiger partial charge on any atom is 0.411 e. The van der Waals surface area contributed by atoms with E-state index in [0.29, 0.717) is 16.8 Å². The molecule has 0 atom stereocenters. The van der Waals surface area contributed by atoms with Gasteiger partial charge in [0.1, 0.15) is 17.3 Å². The monoisotopic (exact) mass is 394 g/mol. The minimum atomic E-state index is -0.654. The Bertz CT molecular complexity index is 1270. The number of halogens is 1. The molecule has 1 amide bonds. The molecule has 0 unspecified atom stereocenters. The van der Waals surface area contributed by atoms with Crippen LogP contribution in [0.4, 0.5) is 10.5 Å². The van der Waals surface area contributed by atoms with E-state index in [9.17, 15) is 9.59 Å². The van der Waals surface area contributed by atoms with Crippen molar-refractivity contribution in [3.63, 3.8) is 0 Å². The first-order valence-corrected chi connectivity index (χ1v) is 8.90. The number of para-hydroxylation sites is 1. The summed E-state index contributed by atoms with van der Waals surface area (Å²) in [5.74, 6) is 0. The molecule has 28 heavy (non-hydrogen) atoms. The lowest BCUT2D eigenvalue weighted by Crippen LogP contribution is -2.14. The molecule has 140 valence electrons. The third kappa shape index (κ3) is 3.68. The number of amides is 1. The SMILES string of the molecule is Cc1cc(=O)oc2cc(NC(=O)OCc3cc4ccccc4nc3Cl)ccc12. The number of rotatable bonds is 3. The molecule has 0 saturated heterocycles. The fourth-order valence-electron chi connectivity index (χ4n) is 2.94. The lowest BCUT2D eigenvalue weighted by Gasteiger charge is -2.09. The minimum absolute atomic E-state index is 0.0235. The van der Waals surface area contributed by atoms with E-state index >= 15 is 0 Å². The molecule has 0 aliphatic carbocycles. The molecule has 2 heterocycles. The van der Waals surface area contributed by atoms with Crippen molar-refractivity contribution < 1.29 is 13.9 Å². The summed E-state index contributed by atoms with van der Waals surface area (Å²) in [4.78, 5) is 28.0. The Morgan fingerprint density at radius 1 is 1.18 bits per heavy atom. The number of carbonyl (C=O) groups is 1. The van der Waals surface area contributed by atoms with Crippen molar-refractivity contribution in [1.82, 2.24) is 4.98 Å². The van der Waals surface area contributed by atoms with E-state index in [1.165, 1.54) is 6.07 Å². The first kappa shape index (κ1) is 18.0. The molecule has 0 aliphatic rings. The Morgan fingerprint density at radius 2 is 2.00 bits per heavy atom. The average Bonchev–Trinajstić information content (AvgIpc) is 2.66. The number of fused-ring (bicyclic) bond motifs is 2. The number of hydrogen-bond donors (Lipinski definition) is 1. The molecular weight excluding hydrogens is 380 g/mol. The number of anilines is 1. The number of aromatic nitrogens is 1. The summed E-state index contributed by atoms with van der Waals surface area (Å²) in [5, 5.41) is 4.61. The summed E-state index contributed by atoms with van der Waals surface area (Å²) < 4.78 is 10.4. The van der Waals surface area contributed by atoms with Crippen LogP contribution in [0.15, 0.2) is 63.8 Å². The predicted molar refractivity (Wildman–Crippen MR) is 108 cm³/mol. The van der Waals surface area contributed by atoms with Crippen LogP contribution in [0.25, 0.3) is 21.9 Å². The minimum Gasteiger partial charge on any atom is -0.444 e. The van der Waals surface area contributed by atoms with Gasteiger partial charge in [0, 0.05) is 34.2 Å². The third-order valence-electron chi connectivity index (χ3n) is 4.31. The Morgan fingerprint density at radius 3 is 2.86 bits per heavy atom. The van der Waals surface area contributed by atoms with Gasteiger partial charge in [0.15, 0.2) is 0 Å². The first-order valence-electron chi connectivity index (χ1n) is 8.52. The van der Waals surface area contributed by atoms with Crippen molar-refractivity contribution in [3.8, 4) is 0 Å². The second kappa shape index (κ2) is 7.32. The van der Waals surface area contributed by atoms with Crippen molar-refractivity contribution in [3.05, 3.63) is 81.3 Å². The molecule has 1 N–H and O–H groups in total. The van der Waals surface area contributed by atoms with Crippen molar-refractivity contribution in [1.29, 1.82) is 0 Å². The molecule has 2 aromatic carbocycles. The van der Waals surface area contributed by atoms with Gasteiger partial charge in [0.25, 0.3) is 0 Å². The van der Waals surface area contributed by atoms with Crippen LogP contribution < -0.4 is 10.9 Å². The zero-order valence-electron chi connectivity index (χ0n) is 14.9. The van der Waals surface area contributed by atoms with E-state index in [-0.39, 0.29) is 11.8 Å². The van der Waals surface area contributed by atoms with Crippen LogP contribution in [0.5, 0.6) is 0 Å². The lowest BCUT2D eigenvalue weighted by atomic mass is 10.1. The molecule has 0 radical (unpaired) electrons. The number of aryl methyl sites for hydroxylation is 1. The fraction of sp³-hybridized carbons (Fsp3) is 0.0952. The Balaban J connectivity index is 1.48. The van der Waals surface area contributed by atoms with Crippen LogP contribution >= 0.6 is 11.6 Å². The van der Waals surface area contributed by atoms with E-state index in [4.69, 9.17) is 20.8 Å². The van der Waals surface area contributed by atoms with Gasteiger partial charge < -0.3 is 9.15 Å². The van der Waals surface area contributed by atoms with E-state index in [0.717, 1.165) is 21.9 Å². The Labute approximate surface area is 164 Å². The molecular formula is C21H15ClN2O4. The van der Waals surface area contributed by atoms with E-state index in [1.54, 1.807) is 18.2 Å². The van der Waals surface area contributed by atoms with Gasteiger partial charge in [-0.3, -0.25) is 5.32 Å². The predicted octanol–water partition coefficient (Wildman–Crippen LogP) is 5.05. The maximum absolute atomic E-state index is 12.1. The topological polar surface area (TPSA) is 81.4 Å². The zero-order valence-corrected chi connectivity index (χ0v) is 15.6. The highest BCUT2D eigenvalue weighted by atomic mass is 35.5. The third-order valence-corrected chi connectivity index (χ3v) is 4.63. The molecule has 7 heteroatoms. The molecule has 2 aromatic heterocycles. The van der Waals surface area contributed by atoms with Crippen LogP contribution in [-0.4, -0.2) is 11.1 Å². The molecule has 4 aromatic rings. The zero-order chi connectivity index (χ0) is 19.7. The molecule has 0 fully saturated rings. The van der Waals surface area contributed by atoms with Crippen molar-refractivity contribution in [2.75, 3.05) is 5.32 Å². The lowest BCUT2D eigenvalue weighted by molar-refractivity contribution is 0.155. The highest BCUT2D eigenvalue weighted by Crippen LogP contribution is 2.23. The van der Waals surface area contributed by atoms with Gasteiger partial charge in [-0.25, -0.2) is 14.6 Å². The van der Waals surface area contributed by atoms with Gasteiger partial charge in [-0.2, -0.15) is 0 Å². The standard InChI is InChI=1S/C21H15ClN2O4/c1-12-8-19(25)28-18-10-15(6-7-16(12)18)23-21(26)27-11-14-9-13-4-2-3-5-17(13)24-20(14)22/h2-10H,11H2,1H3,(H,23,26). The van der Waals surface area contributed by atoms with Crippen LogP contribution in [-0.2, 0) is 11.3 Å². The normalized spacial score (nSPS) is 10.9. The molecule has 0 aliphatic heterocycles. The highest BCUT2D eigenvalue weighted by molar-refractivity contribution is 6.30. The summed E-state index contributed by atoms with van der Waals surface area (Å²) in [6, 6.07) is 15.9. The molecule has 0 saturated carbocycles. The van der Waals surface area contributed by atoms with E-state index in [1.807, 2.05) is 37.3 Å². The smallest absolute Gasteiger partial charge is 0.411 e. The summed E-state index contributed by atoms with van der Waals surface area (Å²) in [6.45, 7) is 1.80. The summed E-state index contributed by atoms with van der Waals surface area (Å²) in [6.07, 6.45) is -0.654. The van der Waals surface area contributed by atoms with Gasteiger partial charge in [-0.1, -0.05) is 29.8 Å². The van der Waals surface area contributed by atoms with Crippen LogP contribution in [0.2, 0.25) is 5.15 Å². The van der Waals surface area contributed by atoms with Gasteiger partial charge in [-0.15, -0.1) is 0 Å². The van der Waals surface area contributed by atoms with Crippen LogP contribution in [0, 0.1) is 6.92 Å². The summed E-state index contributed by atoms with van der Waals surface area (Å²) >= 11 is 6.18. The number of benzene rings is 2. The quantitative estimate of drug-likeness (QED) is 0.388. The Hall–Kier alpha value is -3.38. The fourth-order valence-corrected chi connectivity index (χ4v) is 3.14. The van der Waals surface area contributed by atoms with Crippen molar-refractivity contribution in [2.45, 2.75) is 13.5 Å². The summed E-state index contributed by atoms with van der Waals surface area (Å²) in [5.41, 5.74) is 2.59. The average molecular weight is 395 g/mol. The van der Waals surface area contributed by atoms with E-state index < -0.39 is 11.7 Å². The number of nitrogens with one attached hydrogen (secondary N) is 1. The van der Waals surface area contributed by atoms with Gasteiger partial charge in [0.2, 0.25) is 0 Å². The first-order chi connectivity index (χ1) is 13.5. The van der Waals surface area contributed by atoms with Crippen molar-refractivity contribution >= 4 is 45.3 Å². The largest absolute Gasteiger partial charge is 0.444 e. The number of carbonyl (C=O) groups excluding carboxylic acids is 1. The van der Waals surface area contributed by atoms with Crippen molar-refractivity contribution in [2.24, 2.45) is 0 Å². The number of nitrogens with zero attached hydrogens (tertiary/aromatic N) is 1. The molecule has 0 bridgehead atoms. The second-order valence-corrected chi connectivity index (χ2v) is 6.65. The number of pyridine rings is 1. The van der Waals surface area contributed by atoms with Crippen LogP contribution in [0.3, 0.4) is 0 Å². The molecule has 4 rings (SSSR count). The van der Waals surface area contributed by atoms with Gasteiger partial charge in [-0.05, 0) is 36.8 Å². The molecule has 6 nitrogen and oxygen atoms in total. The second-order valence-electron chi connectivity index (χ2n) is 6.29. The highest BCUT2D eigenvalue weighted by Gasteiger charge is 2.10. The Kier molecular flexibility index (Phi) is 4.71. The van der Waals surface area contributed by atoms with Gasteiger partial charge in [0.05, 0.1) is 5.52 Å². The van der Waals surface area contributed by atoms with E-state index in [2.05, 4.69) is 10.3 Å². The summed E-state index contributed by atoms with van der Waals surface area (Å²) in [7, 11) is 0. The van der Waals surface area contributed by atoms with Gasteiger partial charge >= 0.3 is 11.7 Å². The maximum atomic E-state index is 12.1. The number of hydrogen-bond acceptors (Lipinski definition) is 5. The number of ether oxygens (including phenoxy) is 1. The molecule has 0 spiro atoms.